The molecule has 0 bridgehead atoms. The lowest BCUT2D eigenvalue weighted by Gasteiger charge is -2.34. The Morgan fingerprint density at radius 1 is 1.36 bits per heavy atom. The number of carbonyl (C=O) groups is 1. The number of rotatable bonds is 4. The molecule has 3 heteroatoms. The van der Waals surface area contributed by atoms with E-state index >= 15 is 0 Å². The molecule has 14 heavy (non-hydrogen) atoms. The Labute approximate surface area is 99.9 Å². The summed E-state index contributed by atoms with van der Waals surface area (Å²) in [5.41, 5.74) is -0.127. The molecule has 0 radical (unpaired) electrons. The normalized spacial score (nSPS) is 20.4. The predicted molar refractivity (Wildman–Crippen MR) is 65.7 cm³/mol. The van der Waals surface area contributed by atoms with Crippen molar-refractivity contribution in [2.24, 2.45) is 5.41 Å². The van der Waals surface area contributed by atoms with E-state index in [-0.39, 0.29) is 11.4 Å². The van der Waals surface area contributed by atoms with Crippen molar-refractivity contribution >= 4 is 28.6 Å². The van der Waals surface area contributed by atoms with Gasteiger partial charge in [-0.2, -0.15) is 0 Å². The molecule has 0 unspecified atom stereocenters. The van der Waals surface area contributed by atoms with E-state index in [1.807, 2.05) is 0 Å². The summed E-state index contributed by atoms with van der Waals surface area (Å²) in [4.78, 5) is 11.8. The van der Waals surface area contributed by atoms with Crippen LogP contribution < -0.4 is 0 Å². The topological polar surface area (TPSA) is 26.3 Å². The first-order valence-electron chi connectivity index (χ1n) is 5.39. The SMILES string of the molecule is COC(=O)C1(CCCI)CCCCC1. The zero-order chi connectivity index (χ0) is 10.4. The molecular weight excluding hydrogens is 291 g/mol. The van der Waals surface area contributed by atoms with Crippen LogP contribution >= 0.6 is 22.6 Å². The summed E-state index contributed by atoms with van der Waals surface area (Å²) in [5.74, 6) is 0.0297. The Kier molecular flexibility index (Phi) is 5.20. The highest BCUT2D eigenvalue weighted by molar-refractivity contribution is 14.1. The number of esters is 1. The number of ether oxygens (including phenoxy) is 1. The van der Waals surface area contributed by atoms with Gasteiger partial charge >= 0.3 is 5.97 Å². The van der Waals surface area contributed by atoms with Gasteiger partial charge in [-0.1, -0.05) is 41.9 Å². The van der Waals surface area contributed by atoms with Crippen LogP contribution in [0.3, 0.4) is 0 Å². The third-order valence-electron chi connectivity index (χ3n) is 3.22. The summed E-state index contributed by atoms with van der Waals surface area (Å²) >= 11 is 2.37. The van der Waals surface area contributed by atoms with Crippen molar-refractivity contribution in [3.63, 3.8) is 0 Å². The van der Waals surface area contributed by atoms with Crippen molar-refractivity contribution in [3.8, 4) is 0 Å². The molecule has 0 aromatic rings. The lowest BCUT2D eigenvalue weighted by Crippen LogP contribution is -2.34. The van der Waals surface area contributed by atoms with E-state index in [0.29, 0.717) is 0 Å². The molecule has 0 aromatic heterocycles. The zero-order valence-corrected chi connectivity index (χ0v) is 11.0. The van der Waals surface area contributed by atoms with Crippen molar-refractivity contribution < 1.29 is 9.53 Å². The van der Waals surface area contributed by atoms with Gasteiger partial charge in [-0.25, -0.2) is 0 Å². The highest BCUT2D eigenvalue weighted by Crippen LogP contribution is 2.41. The quantitative estimate of drug-likeness (QED) is 0.452. The van der Waals surface area contributed by atoms with E-state index in [9.17, 15) is 4.79 Å². The van der Waals surface area contributed by atoms with Crippen molar-refractivity contribution in [1.82, 2.24) is 0 Å². The van der Waals surface area contributed by atoms with Crippen LogP contribution in [-0.4, -0.2) is 17.5 Å². The largest absolute Gasteiger partial charge is 0.469 e. The lowest BCUT2D eigenvalue weighted by molar-refractivity contribution is -0.155. The van der Waals surface area contributed by atoms with Gasteiger partial charge in [0.25, 0.3) is 0 Å². The average molecular weight is 310 g/mol. The zero-order valence-electron chi connectivity index (χ0n) is 8.85. The van der Waals surface area contributed by atoms with E-state index in [1.165, 1.54) is 26.4 Å². The first-order valence-corrected chi connectivity index (χ1v) is 6.92. The molecule has 82 valence electrons. The van der Waals surface area contributed by atoms with Gasteiger partial charge in [0.15, 0.2) is 0 Å². The second-order valence-corrected chi connectivity index (χ2v) is 5.20. The van der Waals surface area contributed by atoms with Gasteiger partial charge in [0, 0.05) is 0 Å². The summed E-state index contributed by atoms with van der Waals surface area (Å²) < 4.78 is 6.08. The molecule has 0 N–H and O–H groups in total. The van der Waals surface area contributed by atoms with Crippen molar-refractivity contribution in [1.29, 1.82) is 0 Å². The summed E-state index contributed by atoms with van der Waals surface area (Å²) in [7, 11) is 1.52. The van der Waals surface area contributed by atoms with E-state index < -0.39 is 0 Å². The molecule has 1 rings (SSSR count). The van der Waals surface area contributed by atoms with Crippen molar-refractivity contribution in [2.45, 2.75) is 44.9 Å². The third-order valence-corrected chi connectivity index (χ3v) is 3.98. The van der Waals surface area contributed by atoms with Crippen LogP contribution in [0, 0.1) is 5.41 Å². The second-order valence-electron chi connectivity index (χ2n) is 4.13. The first kappa shape index (κ1) is 12.3. The first-order chi connectivity index (χ1) is 6.75. The minimum atomic E-state index is -0.127. The van der Waals surface area contributed by atoms with Gasteiger partial charge in [0.05, 0.1) is 12.5 Å². The van der Waals surface area contributed by atoms with E-state index in [0.717, 1.165) is 30.1 Å². The van der Waals surface area contributed by atoms with Gasteiger partial charge < -0.3 is 4.74 Å². The minimum Gasteiger partial charge on any atom is -0.469 e. The van der Waals surface area contributed by atoms with Crippen molar-refractivity contribution in [3.05, 3.63) is 0 Å². The van der Waals surface area contributed by atoms with E-state index in [1.54, 1.807) is 0 Å². The highest BCUT2D eigenvalue weighted by Gasteiger charge is 2.39. The van der Waals surface area contributed by atoms with Crippen LogP contribution in [0.25, 0.3) is 0 Å². The molecule has 0 amide bonds. The number of hydrogen-bond acceptors (Lipinski definition) is 2. The number of methoxy groups -OCH3 is 1. The molecule has 0 spiro atoms. The third kappa shape index (κ3) is 2.84. The van der Waals surface area contributed by atoms with Gasteiger partial charge in [-0.05, 0) is 30.1 Å². The van der Waals surface area contributed by atoms with Crippen LogP contribution in [0.1, 0.15) is 44.9 Å². The van der Waals surface area contributed by atoms with Crippen LogP contribution in [0.2, 0.25) is 0 Å². The van der Waals surface area contributed by atoms with Gasteiger partial charge in [-0.15, -0.1) is 0 Å². The van der Waals surface area contributed by atoms with Gasteiger partial charge in [0.1, 0.15) is 0 Å². The predicted octanol–water partition coefficient (Wildman–Crippen LogP) is 3.33. The van der Waals surface area contributed by atoms with Crippen LogP contribution in [0.15, 0.2) is 0 Å². The maximum Gasteiger partial charge on any atom is 0.311 e. The smallest absolute Gasteiger partial charge is 0.311 e. The molecule has 1 saturated carbocycles. The fourth-order valence-corrected chi connectivity index (χ4v) is 2.79. The fourth-order valence-electron chi connectivity index (χ4n) is 2.41. The summed E-state index contributed by atoms with van der Waals surface area (Å²) in [6, 6.07) is 0. The molecule has 0 aromatic carbocycles. The van der Waals surface area contributed by atoms with Crippen LogP contribution in [-0.2, 0) is 9.53 Å². The van der Waals surface area contributed by atoms with Crippen LogP contribution in [0.4, 0.5) is 0 Å². The molecule has 0 heterocycles. The number of halogens is 1. The number of carbonyl (C=O) groups excluding carboxylic acids is 1. The molecule has 1 fully saturated rings. The second kappa shape index (κ2) is 5.93. The molecule has 1 aliphatic rings. The van der Waals surface area contributed by atoms with E-state index in [2.05, 4.69) is 22.6 Å². The van der Waals surface area contributed by atoms with Crippen LogP contribution in [0.5, 0.6) is 0 Å². The Hall–Kier alpha value is 0.200. The Morgan fingerprint density at radius 3 is 2.50 bits per heavy atom. The highest BCUT2D eigenvalue weighted by atomic mass is 127. The standard InChI is InChI=1S/C11H19IO2/c1-14-10(13)11(8-5-9-12)6-3-2-4-7-11/h2-9H2,1H3. The molecule has 0 saturated heterocycles. The Balaban J connectivity index is 2.61. The summed E-state index contributed by atoms with van der Waals surface area (Å²) in [6.07, 6.45) is 7.89. The fraction of sp³-hybridized carbons (Fsp3) is 0.909. The molecule has 0 atom stereocenters. The van der Waals surface area contributed by atoms with E-state index in [4.69, 9.17) is 4.74 Å². The van der Waals surface area contributed by atoms with Gasteiger partial charge in [0.2, 0.25) is 0 Å². The lowest BCUT2D eigenvalue weighted by atomic mass is 9.71. The summed E-state index contributed by atoms with van der Waals surface area (Å²) in [5, 5.41) is 0. The summed E-state index contributed by atoms with van der Waals surface area (Å²) in [6.45, 7) is 0. The maximum absolute atomic E-state index is 11.8. The molecular formula is C11H19IO2. The average Bonchev–Trinajstić information content (AvgIpc) is 2.26. The Bertz CT molecular complexity index is 186. The minimum absolute atomic E-state index is 0.0297. The molecule has 2 nitrogen and oxygen atoms in total. The number of alkyl halides is 1. The van der Waals surface area contributed by atoms with Crippen molar-refractivity contribution in [2.75, 3.05) is 11.5 Å². The maximum atomic E-state index is 11.8. The van der Waals surface area contributed by atoms with Gasteiger partial charge in [-0.3, -0.25) is 4.79 Å². The monoisotopic (exact) mass is 310 g/mol. The Morgan fingerprint density at radius 2 is 2.00 bits per heavy atom. The molecule has 1 aliphatic carbocycles. The number of hydrogen-bond donors (Lipinski definition) is 0. The molecule has 0 aliphatic heterocycles.